The highest BCUT2D eigenvalue weighted by Crippen LogP contribution is 2.66. The van der Waals surface area contributed by atoms with Gasteiger partial charge in [0.05, 0.1) is 18.3 Å². The predicted molar refractivity (Wildman–Crippen MR) is 92.0 cm³/mol. The topological polar surface area (TPSA) is 60.7 Å². The molecular weight excluding hydrogens is 288 g/mol. The third-order valence-corrected chi connectivity index (χ3v) is 8.57. The number of rotatable bonds is 2. The Morgan fingerprint density at radius 3 is 2.35 bits per heavy atom. The van der Waals surface area contributed by atoms with Crippen LogP contribution in [-0.4, -0.2) is 33.6 Å². The van der Waals surface area contributed by atoms with Crippen LogP contribution >= 0.6 is 0 Å². The van der Waals surface area contributed by atoms with E-state index in [4.69, 9.17) is 0 Å². The number of aliphatic hydroxyl groups is 3. The van der Waals surface area contributed by atoms with E-state index in [0.29, 0.717) is 11.8 Å². The molecule has 0 radical (unpaired) electrons. The van der Waals surface area contributed by atoms with Crippen molar-refractivity contribution in [3.8, 4) is 0 Å². The van der Waals surface area contributed by atoms with Crippen LogP contribution in [0.25, 0.3) is 0 Å². The normalized spacial score (nSPS) is 50.7. The van der Waals surface area contributed by atoms with E-state index in [9.17, 15) is 15.3 Å². The number of fused-ring (bicyclic) bond motifs is 3. The van der Waals surface area contributed by atoms with E-state index in [1.54, 1.807) is 0 Å². The molecule has 3 rings (SSSR count). The largest absolute Gasteiger partial charge is 0.394 e. The van der Waals surface area contributed by atoms with Crippen molar-refractivity contribution in [2.75, 3.05) is 6.61 Å². The van der Waals surface area contributed by atoms with Gasteiger partial charge in [-0.1, -0.05) is 34.1 Å². The summed E-state index contributed by atoms with van der Waals surface area (Å²) in [5.74, 6) is 0.940. The third-order valence-electron chi connectivity index (χ3n) is 8.57. The summed E-state index contributed by atoms with van der Waals surface area (Å²) in [5, 5.41) is 31.3. The second kappa shape index (κ2) is 5.44. The molecule has 0 amide bonds. The maximum atomic E-state index is 11.6. The highest BCUT2D eigenvalue weighted by molar-refractivity contribution is 5.13. The molecule has 0 aromatic rings. The van der Waals surface area contributed by atoms with Crippen LogP contribution < -0.4 is 0 Å². The van der Waals surface area contributed by atoms with Crippen LogP contribution in [0, 0.1) is 28.1 Å². The molecule has 3 saturated carbocycles. The summed E-state index contributed by atoms with van der Waals surface area (Å²) in [5.41, 5.74) is -0.507. The van der Waals surface area contributed by atoms with Crippen molar-refractivity contribution in [3.05, 3.63) is 0 Å². The molecule has 0 saturated heterocycles. The minimum atomic E-state index is -0.615. The van der Waals surface area contributed by atoms with Crippen LogP contribution in [0.3, 0.4) is 0 Å². The lowest BCUT2D eigenvalue weighted by atomic mass is 9.41. The molecule has 6 atom stereocenters. The second-order valence-corrected chi connectivity index (χ2v) is 10.1. The summed E-state index contributed by atoms with van der Waals surface area (Å²) in [6.45, 7) is 8.91. The van der Waals surface area contributed by atoms with Crippen LogP contribution in [0.5, 0.6) is 0 Å². The van der Waals surface area contributed by atoms with Gasteiger partial charge in [-0.3, -0.25) is 0 Å². The van der Waals surface area contributed by atoms with Gasteiger partial charge in [0.1, 0.15) is 0 Å². The van der Waals surface area contributed by atoms with Crippen molar-refractivity contribution in [3.63, 3.8) is 0 Å². The van der Waals surface area contributed by atoms with Gasteiger partial charge in [-0.25, -0.2) is 0 Å². The molecule has 0 heterocycles. The maximum Gasteiger partial charge on any atom is 0.0824 e. The van der Waals surface area contributed by atoms with Gasteiger partial charge in [-0.15, -0.1) is 0 Å². The minimum absolute atomic E-state index is 0.00919. The summed E-state index contributed by atoms with van der Waals surface area (Å²) >= 11 is 0. The Morgan fingerprint density at radius 1 is 1.00 bits per heavy atom. The summed E-state index contributed by atoms with van der Waals surface area (Å²) in [4.78, 5) is 0. The smallest absolute Gasteiger partial charge is 0.0824 e. The standard InChI is InChI=1S/C20H36O3/c1-17(2)8-5-6-15-19(4)11-10-18(3,16(22)13-21)12-14(19)7-9-20(15,17)23/h14-16,21-23H,5-13H2,1-4H3/t14-,15+,16?,18-,19-,20-/m0/s1. The molecule has 0 bridgehead atoms. The van der Waals surface area contributed by atoms with Crippen LogP contribution in [0.15, 0.2) is 0 Å². The van der Waals surface area contributed by atoms with Gasteiger partial charge in [-0.05, 0) is 73.0 Å². The molecule has 3 aliphatic rings. The van der Waals surface area contributed by atoms with Crippen LogP contribution in [0.2, 0.25) is 0 Å². The second-order valence-electron chi connectivity index (χ2n) is 10.1. The SMILES string of the molecule is CC1(C)CCC[C@@H]2[C@@]3(C)CC[C@](C)(C(O)CO)C[C@@H]3CC[C@]21O. The average molecular weight is 325 g/mol. The summed E-state index contributed by atoms with van der Waals surface area (Å²) in [7, 11) is 0. The van der Waals surface area contributed by atoms with Gasteiger partial charge in [0, 0.05) is 0 Å². The first-order chi connectivity index (χ1) is 10.6. The van der Waals surface area contributed by atoms with Gasteiger partial charge >= 0.3 is 0 Å². The van der Waals surface area contributed by atoms with E-state index in [0.717, 1.165) is 44.9 Å². The molecule has 3 N–H and O–H groups in total. The van der Waals surface area contributed by atoms with Crippen molar-refractivity contribution < 1.29 is 15.3 Å². The highest BCUT2D eigenvalue weighted by Gasteiger charge is 2.63. The average Bonchev–Trinajstić information content (AvgIpc) is 2.49. The molecule has 0 spiro atoms. The van der Waals surface area contributed by atoms with E-state index in [-0.39, 0.29) is 22.9 Å². The first-order valence-electron chi connectivity index (χ1n) is 9.60. The Bertz CT molecular complexity index is 462. The van der Waals surface area contributed by atoms with Crippen molar-refractivity contribution in [1.82, 2.24) is 0 Å². The fraction of sp³-hybridized carbons (Fsp3) is 1.00. The van der Waals surface area contributed by atoms with Crippen molar-refractivity contribution >= 4 is 0 Å². The Hall–Kier alpha value is -0.120. The van der Waals surface area contributed by atoms with Gasteiger partial charge in [0.25, 0.3) is 0 Å². The molecule has 0 aromatic carbocycles. The number of hydrogen-bond acceptors (Lipinski definition) is 3. The first kappa shape index (κ1) is 17.7. The van der Waals surface area contributed by atoms with Gasteiger partial charge in [0.15, 0.2) is 0 Å². The number of aliphatic hydroxyl groups excluding tert-OH is 2. The minimum Gasteiger partial charge on any atom is -0.394 e. The summed E-state index contributed by atoms with van der Waals surface area (Å²) < 4.78 is 0. The maximum absolute atomic E-state index is 11.6. The Kier molecular flexibility index (Phi) is 4.18. The quantitative estimate of drug-likeness (QED) is 0.728. The highest BCUT2D eigenvalue weighted by atomic mass is 16.3. The lowest BCUT2D eigenvalue weighted by Crippen LogP contribution is -2.64. The van der Waals surface area contributed by atoms with E-state index >= 15 is 0 Å². The van der Waals surface area contributed by atoms with Crippen molar-refractivity contribution in [2.45, 2.75) is 90.8 Å². The Morgan fingerprint density at radius 2 is 1.70 bits per heavy atom. The molecule has 1 unspecified atom stereocenters. The Balaban J connectivity index is 1.89. The van der Waals surface area contributed by atoms with Crippen molar-refractivity contribution in [1.29, 1.82) is 0 Å². The van der Waals surface area contributed by atoms with E-state index in [1.165, 1.54) is 6.42 Å². The molecule has 134 valence electrons. The molecule has 0 aromatic heterocycles. The van der Waals surface area contributed by atoms with Gasteiger partial charge < -0.3 is 15.3 Å². The first-order valence-corrected chi connectivity index (χ1v) is 9.60. The molecule has 3 heteroatoms. The van der Waals surface area contributed by atoms with Gasteiger partial charge in [0.2, 0.25) is 0 Å². The molecule has 23 heavy (non-hydrogen) atoms. The fourth-order valence-corrected chi connectivity index (χ4v) is 6.53. The monoisotopic (exact) mass is 324 g/mol. The Labute approximate surface area is 141 Å². The molecular formula is C20H36O3. The molecule has 0 aliphatic heterocycles. The molecule has 3 fully saturated rings. The van der Waals surface area contributed by atoms with E-state index in [1.807, 2.05) is 0 Å². The zero-order valence-electron chi connectivity index (χ0n) is 15.4. The lowest BCUT2D eigenvalue weighted by Gasteiger charge is -2.65. The van der Waals surface area contributed by atoms with Crippen molar-refractivity contribution in [2.24, 2.45) is 28.1 Å². The van der Waals surface area contributed by atoms with Crippen LogP contribution in [0.1, 0.15) is 79.1 Å². The third kappa shape index (κ3) is 2.41. The summed E-state index contributed by atoms with van der Waals surface area (Å²) in [6, 6.07) is 0. The van der Waals surface area contributed by atoms with Crippen LogP contribution in [-0.2, 0) is 0 Å². The van der Waals surface area contributed by atoms with Crippen LogP contribution in [0.4, 0.5) is 0 Å². The zero-order valence-corrected chi connectivity index (χ0v) is 15.4. The number of hydrogen-bond donors (Lipinski definition) is 3. The van der Waals surface area contributed by atoms with E-state index < -0.39 is 11.7 Å². The molecule has 3 nitrogen and oxygen atoms in total. The fourth-order valence-electron chi connectivity index (χ4n) is 6.53. The van der Waals surface area contributed by atoms with E-state index in [2.05, 4.69) is 27.7 Å². The predicted octanol–water partition coefficient (Wildman–Crippen LogP) is 3.50. The zero-order chi connectivity index (χ0) is 17.1. The van der Waals surface area contributed by atoms with Gasteiger partial charge in [-0.2, -0.15) is 0 Å². The summed E-state index contributed by atoms with van der Waals surface area (Å²) in [6.07, 6.45) is 7.83. The molecule has 3 aliphatic carbocycles. The lowest BCUT2D eigenvalue weighted by molar-refractivity contribution is -0.231.